The van der Waals surface area contributed by atoms with Crippen LogP contribution in [0.25, 0.3) is 0 Å². The first-order valence-electron chi connectivity index (χ1n) is 5.27. The number of anilines is 1. The Balaban J connectivity index is 2.02. The zero-order valence-corrected chi connectivity index (χ0v) is 10.3. The monoisotopic (exact) mass is 267 g/mol. The van der Waals surface area contributed by atoms with E-state index in [1.807, 2.05) is 0 Å². The molecule has 0 aliphatic carbocycles. The predicted molar refractivity (Wildman–Crippen MR) is 66.1 cm³/mol. The minimum atomic E-state index is -3.62. The van der Waals surface area contributed by atoms with Crippen LogP contribution in [0.4, 0.5) is 5.82 Å². The van der Waals surface area contributed by atoms with Gasteiger partial charge in [0.2, 0.25) is 10.0 Å². The van der Waals surface area contributed by atoms with E-state index in [1.165, 1.54) is 18.3 Å². The van der Waals surface area contributed by atoms with Gasteiger partial charge in [-0.2, -0.15) is 0 Å². The smallest absolute Gasteiger partial charge is 0.244 e. The SMILES string of the molecule is Nc1ncccc1S(=O)(=O)NCCc1cnc[nH]1. The van der Waals surface area contributed by atoms with Crippen LogP contribution in [0.15, 0.2) is 35.7 Å². The van der Waals surface area contributed by atoms with Gasteiger partial charge in [-0.1, -0.05) is 0 Å². The fourth-order valence-corrected chi connectivity index (χ4v) is 2.56. The van der Waals surface area contributed by atoms with Crippen molar-refractivity contribution in [1.82, 2.24) is 19.7 Å². The molecule has 0 atom stereocenters. The van der Waals surface area contributed by atoms with E-state index >= 15 is 0 Å². The Kier molecular flexibility index (Phi) is 3.58. The van der Waals surface area contributed by atoms with E-state index in [-0.39, 0.29) is 17.3 Å². The topological polar surface area (TPSA) is 114 Å². The second kappa shape index (κ2) is 5.15. The highest BCUT2D eigenvalue weighted by Gasteiger charge is 2.16. The van der Waals surface area contributed by atoms with Crippen molar-refractivity contribution >= 4 is 15.8 Å². The van der Waals surface area contributed by atoms with Gasteiger partial charge in [0.15, 0.2) is 0 Å². The second-order valence-electron chi connectivity index (χ2n) is 3.61. The third kappa shape index (κ3) is 2.84. The number of imidazole rings is 1. The van der Waals surface area contributed by atoms with Crippen molar-refractivity contribution in [3.63, 3.8) is 0 Å². The molecule has 18 heavy (non-hydrogen) atoms. The number of nitrogens with zero attached hydrogens (tertiary/aromatic N) is 2. The van der Waals surface area contributed by atoms with Crippen LogP contribution in [0.3, 0.4) is 0 Å². The summed E-state index contributed by atoms with van der Waals surface area (Å²) in [6.07, 6.45) is 5.16. The average molecular weight is 267 g/mol. The number of aromatic amines is 1. The van der Waals surface area contributed by atoms with Gasteiger partial charge in [0.05, 0.1) is 6.33 Å². The molecule has 0 saturated heterocycles. The second-order valence-corrected chi connectivity index (χ2v) is 5.35. The Hall–Kier alpha value is -1.93. The Morgan fingerprint density at radius 1 is 1.44 bits per heavy atom. The van der Waals surface area contributed by atoms with Crippen molar-refractivity contribution in [2.45, 2.75) is 11.3 Å². The fourth-order valence-electron chi connectivity index (χ4n) is 1.45. The number of sulfonamides is 1. The van der Waals surface area contributed by atoms with E-state index in [1.54, 1.807) is 12.5 Å². The molecular weight excluding hydrogens is 254 g/mol. The summed E-state index contributed by atoms with van der Waals surface area (Å²) in [5.74, 6) is -0.00783. The minimum absolute atomic E-state index is 0.00499. The number of rotatable bonds is 5. The molecule has 0 radical (unpaired) electrons. The number of pyridine rings is 1. The van der Waals surface area contributed by atoms with E-state index in [0.717, 1.165) is 5.69 Å². The number of aromatic nitrogens is 3. The van der Waals surface area contributed by atoms with Crippen LogP contribution in [-0.4, -0.2) is 29.9 Å². The molecule has 0 amide bonds. The van der Waals surface area contributed by atoms with Crippen LogP contribution in [0, 0.1) is 0 Å². The molecule has 8 heteroatoms. The van der Waals surface area contributed by atoms with Gasteiger partial charge in [0.1, 0.15) is 10.7 Å². The molecular formula is C10H13N5O2S. The maximum absolute atomic E-state index is 11.9. The van der Waals surface area contributed by atoms with Gasteiger partial charge in [0.25, 0.3) is 0 Å². The van der Waals surface area contributed by atoms with Crippen molar-refractivity contribution in [3.05, 3.63) is 36.5 Å². The van der Waals surface area contributed by atoms with E-state index in [2.05, 4.69) is 19.7 Å². The zero-order valence-electron chi connectivity index (χ0n) is 9.50. The van der Waals surface area contributed by atoms with E-state index in [0.29, 0.717) is 6.42 Å². The van der Waals surface area contributed by atoms with Crippen molar-refractivity contribution in [1.29, 1.82) is 0 Å². The van der Waals surface area contributed by atoms with Gasteiger partial charge < -0.3 is 10.7 Å². The number of hydrogen-bond acceptors (Lipinski definition) is 5. The van der Waals surface area contributed by atoms with E-state index in [4.69, 9.17) is 5.73 Å². The summed E-state index contributed by atoms with van der Waals surface area (Å²) in [4.78, 5) is 10.5. The highest BCUT2D eigenvalue weighted by Crippen LogP contribution is 2.13. The third-order valence-electron chi connectivity index (χ3n) is 2.33. The number of hydrogen-bond donors (Lipinski definition) is 3. The summed E-state index contributed by atoms with van der Waals surface area (Å²) >= 11 is 0. The van der Waals surface area contributed by atoms with Crippen LogP contribution in [0.2, 0.25) is 0 Å². The molecule has 0 bridgehead atoms. The fraction of sp³-hybridized carbons (Fsp3) is 0.200. The van der Waals surface area contributed by atoms with Crippen molar-refractivity contribution in [2.75, 3.05) is 12.3 Å². The summed E-state index contributed by atoms with van der Waals surface area (Å²) in [5.41, 5.74) is 6.38. The van der Waals surface area contributed by atoms with E-state index in [9.17, 15) is 8.42 Å². The maximum atomic E-state index is 11.9. The first-order valence-corrected chi connectivity index (χ1v) is 6.75. The number of nitrogen functional groups attached to an aromatic ring is 1. The summed E-state index contributed by atoms with van der Waals surface area (Å²) in [6, 6.07) is 2.95. The summed E-state index contributed by atoms with van der Waals surface area (Å²) in [6.45, 7) is 0.263. The van der Waals surface area contributed by atoms with Gasteiger partial charge in [-0.05, 0) is 12.1 Å². The van der Waals surface area contributed by atoms with Crippen LogP contribution in [0.5, 0.6) is 0 Å². The molecule has 96 valence electrons. The van der Waals surface area contributed by atoms with Crippen LogP contribution < -0.4 is 10.5 Å². The Morgan fingerprint density at radius 3 is 2.94 bits per heavy atom. The zero-order chi connectivity index (χ0) is 13.0. The standard InChI is InChI=1S/C10H13N5O2S/c11-10-9(2-1-4-13-10)18(16,17)15-5-3-8-6-12-7-14-8/h1-2,4,6-7,15H,3,5H2,(H2,11,13)(H,12,14). The maximum Gasteiger partial charge on any atom is 0.244 e. The number of nitrogens with one attached hydrogen (secondary N) is 2. The molecule has 0 saturated carbocycles. The molecule has 0 aliphatic heterocycles. The molecule has 2 aromatic rings. The summed E-state index contributed by atoms with van der Waals surface area (Å²) in [5, 5.41) is 0. The van der Waals surface area contributed by atoms with Crippen LogP contribution in [-0.2, 0) is 16.4 Å². The van der Waals surface area contributed by atoms with Crippen LogP contribution >= 0.6 is 0 Å². The normalized spacial score (nSPS) is 11.6. The third-order valence-corrected chi connectivity index (χ3v) is 3.84. The quantitative estimate of drug-likeness (QED) is 0.700. The lowest BCUT2D eigenvalue weighted by molar-refractivity contribution is 0.581. The Labute approximate surface area is 105 Å². The lowest BCUT2D eigenvalue weighted by Crippen LogP contribution is -2.27. The molecule has 2 aromatic heterocycles. The number of H-pyrrole nitrogens is 1. The van der Waals surface area contributed by atoms with Gasteiger partial charge in [-0.15, -0.1) is 0 Å². The first kappa shape index (κ1) is 12.5. The molecule has 0 aliphatic rings. The molecule has 0 fully saturated rings. The van der Waals surface area contributed by atoms with Gasteiger partial charge in [0, 0.05) is 31.1 Å². The first-order chi connectivity index (χ1) is 8.59. The highest BCUT2D eigenvalue weighted by atomic mass is 32.2. The highest BCUT2D eigenvalue weighted by molar-refractivity contribution is 7.89. The summed E-state index contributed by atoms with van der Waals surface area (Å²) in [7, 11) is -3.62. The average Bonchev–Trinajstić information content (AvgIpc) is 2.82. The Bertz CT molecular complexity index is 609. The lowest BCUT2D eigenvalue weighted by atomic mass is 10.3. The lowest BCUT2D eigenvalue weighted by Gasteiger charge is -2.07. The van der Waals surface area contributed by atoms with Gasteiger partial charge in [-0.3, -0.25) is 0 Å². The van der Waals surface area contributed by atoms with Crippen LogP contribution in [0.1, 0.15) is 5.69 Å². The van der Waals surface area contributed by atoms with E-state index < -0.39 is 10.0 Å². The molecule has 2 heterocycles. The van der Waals surface area contributed by atoms with Gasteiger partial charge >= 0.3 is 0 Å². The predicted octanol–water partition coefficient (Wildman–Crippen LogP) is -0.0921. The molecule has 0 spiro atoms. The number of nitrogens with two attached hydrogens (primary N) is 1. The van der Waals surface area contributed by atoms with Crippen molar-refractivity contribution in [2.24, 2.45) is 0 Å². The largest absolute Gasteiger partial charge is 0.383 e. The van der Waals surface area contributed by atoms with Crippen molar-refractivity contribution < 1.29 is 8.42 Å². The summed E-state index contributed by atoms with van der Waals surface area (Å²) < 4.78 is 26.3. The molecule has 0 unspecified atom stereocenters. The molecule has 0 aromatic carbocycles. The molecule has 2 rings (SSSR count). The molecule has 4 N–H and O–H groups in total. The minimum Gasteiger partial charge on any atom is -0.383 e. The Morgan fingerprint density at radius 2 is 2.28 bits per heavy atom. The van der Waals surface area contributed by atoms with Crippen molar-refractivity contribution in [3.8, 4) is 0 Å². The molecule has 7 nitrogen and oxygen atoms in total. The van der Waals surface area contributed by atoms with Gasteiger partial charge in [-0.25, -0.2) is 23.1 Å².